The van der Waals surface area contributed by atoms with Gasteiger partial charge >= 0.3 is 0 Å². The molecule has 1 heterocycles. The fraction of sp³-hybridized carbons (Fsp3) is 0.562. The smallest absolute Gasteiger partial charge is 0.253 e. The van der Waals surface area contributed by atoms with Crippen molar-refractivity contribution in [2.24, 2.45) is 0 Å². The molecule has 2 rings (SSSR count). The van der Waals surface area contributed by atoms with Crippen molar-refractivity contribution < 1.29 is 14.6 Å². The van der Waals surface area contributed by atoms with Crippen LogP contribution in [-0.2, 0) is 9.53 Å². The summed E-state index contributed by atoms with van der Waals surface area (Å²) in [7, 11) is 4.00. The number of halogens is 1. The molecule has 1 aromatic rings. The van der Waals surface area contributed by atoms with Gasteiger partial charge in [-0.1, -0.05) is 29.8 Å². The van der Waals surface area contributed by atoms with Gasteiger partial charge in [-0.15, -0.1) is 0 Å². The molecule has 5 nitrogen and oxygen atoms in total. The van der Waals surface area contributed by atoms with Gasteiger partial charge in [-0.3, -0.25) is 4.79 Å². The summed E-state index contributed by atoms with van der Waals surface area (Å²) in [6, 6.07) is 6.83. The van der Waals surface area contributed by atoms with E-state index < -0.39 is 12.0 Å². The summed E-state index contributed by atoms with van der Waals surface area (Å²) in [5.74, 6) is -0.430. The van der Waals surface area contributed by atoms with E-state index >= 15 is 0 Å². The van der Waals surface area contributed by atoms with E-state index in [2.05, 4.69) is 10.2 Å². The van der Waals surface area contributed by atoms with Crippen LogP contribution >= 0.6 is 11.6 Å². The van der Waals surface area contributed by atoms with Crippen molar-refractivity contribution in [2.45, 2.75) is 24.5 Å². The number of carbonyl (C=O) groups excluding carboxylic acids is 1. The van der Waals surface area contributed by atoms with Gasteiger partial charge in [-0.05, 0) is 33.0 Å². The van der Waals surface area contributed by atoms with Gasteiger partial charge in [0.25, 0.3) is 5.91 Å². The Morgan fingerprint density at radius 3 is 2.64 bits per heavy atom. The number of hydrogen-bond acceptors (Lipinski definition) is 4. The topological polar surface area (TPSA) is 61.8 Å². The normalized spacial score (nSPS) is 19.0. The Labute approximate surface area is 136 Å². The van der Waals surface area contributed by atoms with Crippen molar-refractivity contribution in [3.63, 3.8) is 0 Å². The summed E-state index contributed by atoms with van der Waals surface area (Å²) in [4.78, 5) is 14.4. The molecule has 1 unspecified atom stereocenters. The van der Waals surface area contributed by atoms with Crippen molar-refractivity contribution >= 4 is 17.5 Å². The quantitative estimate of drug-likeness (QED) is 0.863. The molecule has 0 radical (unpaired) electrons. The lowest BCUT2D eigenvalue weighted by molar-refractivity contribution is -0.130. The van der Waals surface area contributed by atoms with Crippen molar-refractivity contribution in [1.82, 2.24) is 10.2 Å². The fourth-order valence-corrected chi connectivity index (χ4v) is 2.96. The molecule has 122 valence electrons. The van der Waals surface area contributed by atoms with Crippen LogP contribution in [0, 0.1) is 0 Å². The van der Waals surface area contributed by atoms with E-state index in [-0.39, 0.29) is 5.54 Å². The Kier molecular flexibility index (Phi) is 5.81. The van der Waals surface area contributed by atoms with E-state index in [0.29, 0.717) is 30.3 Å². The molecule has 0 bridgehead atoms. The number of ether oxygens (including phenoxy) is 1. The van der Waals surface area contributed by atoms with Crippen molar-refractivity contribution in [2.75, 3.05) is 33.9 Å². The molecular weight excluding hydrogens is 304 g/mol. The zero-order chi connectivity index (χ0) is 16.2. The van der Waals surface area contributed by atoms with Crippen LogP contribution in [0.2, 0.25) is 5.02 Å². The number of rotatable bonds is 5. The van der Waals surface area contributed by atoms with E-state index in [4.69, 9.17) is 16.3 Å². The number of carbonyl (C=O) groups is 1. The maximum absolute atomic E-state index is 12.2. The lowest BCUT2D eigenvalue weighted by Gasteiger charge is -2.43. The molecule has 1 atom stereocenters. The van der Waals surface area contributed by atoms with Crippen LogP contribution in [0.1, 0.15) is 24.5 Å². The van der Waals surface area contributed by atoms with Crippen LogP contribution in [0.5, 0.6) is 0 Å². The Balaban J connectivity index is 2.01. The Bertz CT molecular complexity index is 516. The molecule has 0 aromatic heterocycles. The number of likely N-dealkylation sites (N-methyl/N-ethyl adjacent to an activating group) is 1. The van der Waals surface area contributed by atoms with Gasteiger partial charge in [0, 0.05) is 35.9 Å². The van der Waals surface area contributed by atoms with Gasteiger partial charge in [-0.25, -0.2) is 0 Å². The summed E-state index contributed by atoms with van der Waals surface area (Å²) in [6.07, 6.45) is 0.443. The molecular formula is C16H23ClN2O3. The van der Waals surface area contributed by atoms with Crippen molar-refractivity contribution in [3.8, 4) is 0 Å². The number of nitrogens with one attached hydrogen (secondary N) is 1. The lowest BCUT2D eigenvalue weighted by Crippen LogP contribution is -2.56. The van der Waals surface area contributed by atoms with Gasteiger partial charge in [-0.2, -0.15) is 0 Å². The van der Waals surface area contributed by atoms with Crippen molar-refractivity contribution in [3.05, 3.63) is 34.9 Å². The van der Waals surface area contributed by atoms with Crippen LogP contribution in [-0.4, -0.2) is 55.3 Å². The summed E-state index contributed by atoms with van der Waals surface area (Å²) >= 11 is 6.03. The standard InChI is InChI=1S/C16H23ClN2O3/c1-19(2)16(7-9-22-10-8-16)11-18-15(21)14(20)12-5-3-4-6-13(12)17/h3-6,14,20H,7-11H2,1-2H3,(H,18,21). The molecule has 1 saturated heterocycles. The number of aliphatic hydroxyl groups is 1. The van der Waals surface area contributed by atoms with Gasteiger partial charge in [0.1, 0.15) is 0 Å². The van der Waals surface area contributed by atoms with Crippen LogP contribution in [0.25, 0.3) is 0 Å². The minimum absolute atomic E-state index is 0.131. The first-order valence-electron chi connectivity index (χ1n) is 7.42. The predicted molar refractivity (Wildman–Crippen MR) is 85.9 cm³/mol. The average molecular weight is 327 g/mol. The fourth-order valence-electron chi connectivity index (χ4n) is 2.72. The van der Waals surface area contributed by atoms with Crippen LogP contribution in [0.3, 0.4) is 0 Å². The minimum atomic E-state index is -1.26. The van der Waals surface area contributed by atoms with Crippen molar-refractivity contribution in [1.29, 1.82) is 0 Å². The number of aliphatic hydroxyl groups excluding tert-OH is 1. The molecule has 2 N–H and O–H groups in total. The Morgan fingerprint density at radius 2 is 2.05 bits per heavy atom. The zero-order valence-corrected chi connectivity index (χ0v) is 13.8. The molecule has 1 aliphatic heterocycles. The molecule has 6 heteroatoms. The maximum Gasteiger partial charge on any atom is 0.253 e. The number of hydrogen-bond donors (Lipinski definition) is 2. The number of benzene rings is 1. The first kappa shape index (κ1) is 17.2. The second-order valence-corrected chi connectivity index (χ2v) is 6.28. The van der Waals surface area contributed by atoms with Crippen LogP contribution in [0.4, 0.5) is 0 Å². The van der Waals surface area contributed by atoms with Gasteiger partial charge < -0.3 is 20.1 Å². The minimum Gasteiger partial charge on any atom is -0.381 e. The largest absolute Gasteiger partial charge is 0.381 e. The highest BCUT2D eigenvalue weighted by molar-refractivity contribution is 6.31. The third-order valence-electron chi connectivity index (χ3n) is 4.41. The SMILES string of the molecule is CN(C)C1(CNC(=O)C(O)c2ccccc2Cl)CCOCC1. The predicted octanol–water partition coefficient (Wildman–Crippen LogP) is 1.60. The van der Waals surface area contributed by atoms with E-state index in [0.717, 1.165) is 12.8 Å². The molecule has 1 fully saturated rings. The number of nitrogens with zero attached hydrogens (tertiary/aromatic N) is 1. The van der Waals surface area contributed by atoms with E-state index in [9.17, 15) is 9.90 Å². The van der Waals surface area contributed by atoms with Gasteiger partial charge in [0.15, 0.2) is 6.10 Å². The molecule has 22 heavy (non-hydrogen) atoms. The molecule has 0 aliphatic carbocycles. The molecule has 1 aromatic carbocycles. The molecule has 0 spiro atoms. The average Bonchev–Trinajstić information content (AvgIpc) is 2.53. The molecule has 0 saturated carbocycles. The molecule has 1 amide bonds. The summed E-state index contributed by atoms with van der Waals surface area (Å²) < 4.78 is 5.41. The highest BCUT2D eigenvalue weighted by Gasteiger charge is 2.35. The second-order valence-electron chi connectivity index (χ2n) is 5.87. The summed E-state index contributed by atoms with van der Waals surface area (Å²) in [5, 5.41) is 13.4. The first-order chi connectivity index (χ1) is 10.5. The monoisotopic (exact) mass is 326 g/mol. The molecule has 1 aliphatic rings. The second kappa shape index (κ2) is 7.42. The van der Waals surface area contributed by atoms with E-state index in [1.807, 2.05) is 14.1 Å². The highest BCUT2D eigenvalue weighted by atomic mass is 35.5. The van der Waals surface area contributed by atoms with Gasteiger partial charge in [0.05, 0.1) is 0 Å². The highest BCUT2D eigenvalue weighted by Crippen LogP contribution is 2.26. The van der Waals surface area contributed by atoms with Crippen LogP contribution < -0.4 is 5.32 Å². The van der Waals surface area contributed by atoms with Gasteiger partial charge in [0.2, 0.25) is 0 Å². The first-order valence-corrected chi connectivity index (χ1v) is 7.79. The number of amides is 1. The third kappa shape index (κ3) is 3.79. The maximum atomic E-state index is 12.2. The van der Waals surface area contributed by atoms with Crippen LogP contribution in [0.15, 0.2) is 24.3 Å². The van der Waals surface area contributed by atoms with E-state index in [1.165, 1.54) is 0 Å². The summed E-state index contributed by atoms with van der Waals surface area (Å²) in [5.41, 5.74) is 0.293. The van der Waals surface area contributed by atoms with E-state index in [1.54, 1.807) is 24.3 Å². The Hall–Kier alpha value is -1.14. The zero-order valence-electron chi connectivity index (χ0n) is 13.0. The summed E-state index contributed by atoms with van der Waals surface area (Å²) in [6.45, 7) is 1.84. The third-order valence-corrected chi connectivity index (χ3v) is 4.76. The lowest BCUT2D eigenvalue weighted by atomic mass is 9.88. The Morgan fingerprint density at radius 1 is 1.41 bits per heavy atom.